The van der Waals surface area contributed by atoms with Gasteiger partial charge in [-0.3, -0.25) is 4.79 Å². The summed E-state index contributed by atoms with van der Waals surface area (Å²) in [5, 5.41) is 2.67. The van der Waals surface area contributed by atoms with Crippen LogP contribution in [0.2, 0.25) is 0 Å². The van der Waals surface area contributed by atoms with Gasteiger partial charge in [-0.1, -0.05) is 0 Å². The first-order chi connectivity index (χ1) is 12.2. The number of ether oxygens (including phenoxy) is 1. The van der Waals surface area contributed by atoms with E-state index in [-0.39, 0.29) is 27.7 Å². The minimum absolute atomic E-state index is 0.0318. The van der Waals surface area contributed by atoms with Crippen LogP contribution in [0.1, 0.15) is 29.6 Å². The van der Waals surface area contributed by atoms with Crippen LogP contribution in [0.4, 0.5) is 0 Å². The molecule has 2 saturated heterocycles. The Morgan fingerprint density at radius 3 is 2.54 bits per heavy atom. The van der Waals surface area contributed by atoms with E-state index in [9.17, 15) is 21.6 Å². The van der Waals surface area contributed by atoms with Crippen LogP contribution >= 0.6 is 0 Å². The van der Waals surface area contributed by atoms with Crippen molar-refractivity contribution in [2.75, 3.05) is 31.7 Å². The SMILES string of the molecule is COc1ccc(S(=O)(=O)N2CCCC2)cc1C(=O)N[C@H]1CCS(=O)(=O)C1. The van der Waals surface area contributed by atoms with Crippen molar-refractivity contribution in [3.05, 3.63) is 23.8 Å². The normalized spacial score (nSPS) is 23.0. The Hall–Kier alpha value is -1.65. The lowest BCUT2D eigenvalue weighted by Crippen LogP contribution is -2.36. The zero-order chi connectivity index (χ0) is 18.9. The molecule has 1 amide bonds. The summed E-state index contributed by atoms with van der Waals surface area (Å²) in [7, 11) is -5.40. The summed E-state index contributed by atoms with van der Waals surface area (Å²) in [6, 6.07) is 3.69. The van der Waals surface area contributed by atoms with Crippen LogP contribution < -0.4 is 10.1 Å². The van der Waals surface area contributed by atoms with Crippen LogP contribution in [-0.4, -0.2) is 64.8 Å². The zero-order valence-corrected chi connectivity index (χ0v) is 16.1. The van der Waals surface area contributed by atoms with Crippen LogP contribution in [0, 0.1) is 0 Å². The minimum atomic E-state index is -3.66. The highest BCUT2D eigenvalue weighted by Gasteiger charge is 2.31. The number of rotatable bonds is 5. The lowest BCUT2D eigenvalue weighted by Gasteiger charge is -2.18. The molecule has 0 saturated carbocycles. The van der Waals surface area contributed by atoms with E-state index in [1.54, 1.807) is 0 Å². The fourth-order valence-electron chi connectivity index (χ4n) is 3.27. The molecular weight excluding hydrogens is 380 g/mol. The van der Waals surface area contributed by atoms with Crippen molar-refractivity contribution < 1.29 is 26.4 Å². The van der Waals surface area contributed by atoms with Gasteiger partial charge in [-0.15, -0.1) is 0 Å². The van der Waals surface area contributed by atoms with Crippen LogP contribution in [0.25, 0.3) is 0 Å². The highest BCUT2D eigenvalue weighted by molar-refractivity contribution is 7.91. The first-order valence-corrected chi connectivity index (χ1v) is 11.7. The smallest absolute Gasteiger partial charge is 0.255 e. The maximum atomic E-state index is 12.7. The number of hydrogen-bond acceptors (Lipinski definition) is 6. The van der Waals surface area contributed by atoms with Crippen molar-refractivity contribution in [2.24, 2.45) is 0 Å². The summed E-state index contributed by atoms with van der Waals surface area (Å²) in [5.74, 6) is -0.364. The molecule has 8 nitrogen and oxygen atoms in total. The number of nitrogens with one attached hydrogen (secondary N) is 1. The minimum Gasteiger partial charge on any atom is -0.496 e. The fraction of sp³-hybridized carbons (Fsp3) is 0.562. The molecule has 0 bridgehead atoms. The van der Waals surface area contributed by atoms with E-state index in [1.807, 2.05) is 0 Å². The highest BCUT2D eigenvalue weighted by atomic mass is 32.2. The van der Waals surface area contributed by atoms with E-state index < -0.39 is 31.8 Å². The largest absolute Gasteiger partial charge is 0.496 e. The number of amides is 1. The molecule has 2 aliphatic rings. The summed E-state index contributed by atoms with van der Waals surface area (Å²) in [4.78, 5) is 12.6. The van der Waals surface area contributed by atoms with Crippen molar-refractivity contribution in [3.63, 3.8) is 0 Å². The Labute approximate surface area is 153 Å². The number of nitrogens with zero attached hydrogens (tertiary/aromatic N) is 1. The molecule has 2 aliphatic heterocycles. The molecule has 2 heterocycles. The van der Waals surface area contributed by atoms with Gasteiger partial charge >= 0.3 is 0 Å². The molecule has 144 valence electrons. The molecule has 1 atom stereocenters. The average Bonchev–Trinajstić information content (AvgIpc) is 3.24. The first kappa shape index (κ1) is 19.1. The van der Waals surface area contributed by atoms with Crippen molar-refractivity contribution in [2.45, 2.75) is 30.2 Å². The Balaban J connectivity index is 1.87. The Bertz CT molecular complexity index is 905. The van der Waals surface area contributed by atoms with E-state index >= 15 is 0 Å². The number of hydrogen-bond donors (Lipinski definition) is 1. The van der Waals surface area contributed by atoms with Gasteiger partial charge in [0.25, 0.3) is 5.91 Å². The molecular formula is C16H22N2O6S2. The zero-order valence-electron chi connectivity index (χ0n) is 14.5. The van der Waals surface area contributed by atoms with Crippen molar-refractivity contribution in [1.82, 2.24) is 9.62 Å². The van der Waals surface area contributed by atoms with E-state index in [0.29, 0.717) is 19.5 Å². The van der Waals surface area contributed by atoms with Gasteiger partial charge in [-0.25, -0.2) is 16.8 Å². The van der Waals surface area contributed by atoms with Gasteiger partial charge in [-0.05, 0) is 37.5 Å². The van der Waals surface area contributed by atoms with Gasteiger partial charge in [0, 0.05) is 19.1 Å². The number of carbonyl (C=O) groups excluding carboxylic acids is 1. The predicted octanol–water partition coefficient (Wildman–Crippen LogP) is 0.397. The van der Waals surface area contributed by atoms with E-state index in [4.69, 9.17) is 4.74 Å². The number of methoxy groups -OCH3 is 1. The predicted molar refractivity (Wildman–Crippen MR) is 95.5 cm³/mol. The Morgan fingerprint density at radius 1 is 1.27 bits per heavy atom. The molecule has 3 rings (SSSR count). The van der Waals surface area contributed by atoms with Crippen LogP contribution in [0.3, 0.4) is 0 Å². The number of sulfone groups is 1. The quantitative estimate of drug-likeness (QED) is 0.763. The van der Waals surface area contributed by atoms with Crippen LogP contribution in [0.15, 0.2) is 23.1 Å². The molecule has 0 unspecified atom stereocenters. The Morgan fingerprint density at radius 2 is 1.96 bits per heavy atom. The second kappa shape index (κ2) is 7.16. The highest BCUT2D eigenvalue weighted by Crippen LogP contribution is 2.27. The van der Waals surface area contributed by atoms with Crippen LogP contribution in [-0.2, 0) is 19.9 Å². The van der Waals surface area contributed by atoms with Gasteiger partial charge in [0.15, 0.2) is 9.84 Å². The molecule has 10 heteroatoms. The van der Waals surface area contributed by atoms with Gasteiger partial charge in [0.05, 0.1) is 29.1 Å². The Kier molecular flexibility index (Phi) is 5.27. The molecule has 1 N–H and O–H groups in total. The van der Waals surface area contributed by atoms with Crippen LogP contribution in [0.5, 0.6) is 5.75 Å². The van der Waals surface area contributed by atoms with Gasteiger partial charge in [0.2, 0.25) is 10.0 Å². The molecule has 0 radical (unpaired) electrons. The monoisotopic (exact) mass is 402 g/mol. The third-order valence-corrected chi connectivity index (χ3v) is 8.35. The maximum absolute atomic E-state index is 12.7. The fourth-order valence-corrected chi connectivity index (χ4v) is 6.49. The standard InChI is InChI=1S/C16H22N2O6S2/c1-24-15-5-4-13(26(22,23)18-7-2-3-8-18)10-14(15)16(19)17-12-6-9-25(20,21)11-12/h4-5,10,12H,2-3,6-9,11H2,1H3,(H,17,19)/t12-/m0/s1. The second-order valence-electron chi connectivity index (χ2n) is 6.55. The molecule has 0 aromatic heterocycles. The van der Waals surface area contributed by atoms with E-state index in [0.717, 1.165) is 12.8 Å². The second-order valence-corrected chi connectivity index (χ2v) is 10.7. The molecule has 1 aromatic rings. The maximum Gasteiger partial charge on any atom is 0.255 e. The van der Waals surface area contributed by atoms with Crippen molar-refractivity contribution >= 4 is 25.8 Å². The third kappa shape index (κ3) is 3.86. The molecule has 0 spiro atoms. The lowest BCUT2D eigenvalue weighted by atomic mass is 10.1. The van der Waals surface area contributed by atoms with Gasteiger partial charge < -0.3 is 10.1 Å². The molecule has 26 heavy (non-hydrogen) atoms. The number of benzene rings is 1. The molecule has 1 aromatic carbocycles. The van der Waals surface area contributed by atoms with Gasteiger partial charge in [-0.2, -0.15) is 4.31 Å². The summed E-state index contributed by atoms with van der Waals surface area (Å²) >= 11 is 0. The number of carbonyl (C=O) groups is 1. The summed E-state index contributed by atoms with van der Waals surface area (Å²) in [5.41, 5.74) is 0.0806. The van der Waals surface area contributed by atoms with E-state index in [1.165, 1.54) is 29.6 Å². The van der Waals surface area contributed by atoms with E-state index in [2.05, 4.69) is 5.32 Å². The lowest BCUT2D eigenvalue weighted by molar-refractivity contribution is 0.0938. The topological polar surface area (TPSA) is 110 Å². The van der Waals surface area contributed by atoms with Crippen molar-refractivity contribution in [3.8, 4) is 5.75 Å². The van der Waals surface area contributed by atoms with Gasteiger partial charge in [0.1, 0.15) is 5.75 Å². The molecule has 2 fully saturated rings. The van der Waals surface area contributed by atoms with Crippen molar-refractivity contribution in [1.29, 1.82) is 0 Å². The third-order valence-electron chi connectivity index (χ3n) is 4.69. The number of sulfonamides is 1. The summed E-state index contributed by atoms with van der Waals surface area (Å²) in [6.45, 7) is 0.936. The summed E-state index contributed by atoms with van der Waals surface area (Å²) < 4.78 is 55.1. The average molecular weight is 402 g/mol. The first-order valence-electron chi connectivity index (χ1n) is 8.42. The summed E-state index contributed by atoms with van der Waals surface area (Å²) in [6.07, 6.45) is 1.99. The molecule has 0 aliphatic carbocycles.